The summed E-state index contributed by atoms with van der Waals surface area (Å²) in [6.45, 7) is 1.26. The van der Waals surface area contributed by atoms with Crippen LogP contribution in [0, 0.1) is 0 Å². The van der Waals surface area contributed by atoms with E-state index in [1.54, 1.807) is 12.1 Å². The number of sulfonamides is 1. The average molecular weight is 309 g/mol. The first kappa shape index (κ1) is 13.9. The van der Waals surface area contributed by atoms with Crippen molar-refractivity contribution in [2.24, 2.45) is 0 Å². The Bertz CT molecular complexity index is 728. The third kappa shape index (κ3) is 2.72. The summed E-state index contributed by atoms with van der Waals surface area (Å²) < 4.78 is 36.8. The maximum absolute atomic E-state index is 12.3. The number of fused-ring (bicyclic) bond motifs is 1. The van der Waals surface area contributed by atoms with Crippen LogP contribution in [0.25, 0.3) is 0 Å². The van der Waals surface area contributed by atoms with Gasteiger partial charge in [-0.15, -0.1) is 0 Å². The van der Waals surface area contributed by atoms with Crippen LogP contribution in [0.1, 0.15) is 5.56 Å². The lowest BCUT2D eigenvalue weighted by atomic mass is 10.2. The molecule has 7 nitrogen and oxygen atoms in total. The van der Waals surface area contributed by atoms with Gasteiger partial charge in [0.15, 0.2) is 16.5 Å². The van der Waals surface area contributed by atoms with Crippen molar-refractivity contribution >= 4 is 10.0 Å². The highest BCUT2D eigenvalue weighted by molar-refractivity contribution is 7.89. The lowest BCUT2D eigenvalue weighted by Crippen LogP contribution is -2.27. The van der Waals surface area contributed by atoms with Gasteiger partial charge in [0, 0.05) is 13.6 Å². The predicted molar refractivity (Wildman–Crippen MR) is 74.7 cm³/mol. The van der Waals surface area contributed by atoms with Crippen molar-refractivity contribution in [2.45, 2.75) is 11.6 Å². The summed E-state index contributed by atoms with van der Waals surface area (Å²) >= 11 is 0. The highest BCUT2D eigenvalue weighted by Crippen LogP contribution is 2.31. The molecule has 1 aliphatic rings. The Morgan fingerprint density at radius 3 is 2.76 bits per heavy atom. The fourth-order valence-corrected chi connectivity index (χ4v) is 3.13. The zero-order chi connectivity index (χ0) is 14.9. The molecule has 2 aromatic rings. The molecule has 2 heterocycles. The van der Waals surface area contributed by atoms with Crippen LogP contribution in [0.3, 0.4) is 0 Å². The molecule has 1 N–H and O–H groups in total. The molecule has 0 saturated carbocycles. The summed E-state index contributed by atoms with van der Waals surface area (Å²) in [5.74, 6) is 1.33. The quantitative estimate of drug-likeness (QED) is 0.911. The van der Waals surface area contributed by atoms with Crippen LogP contribution in [0.2, 0.25) is 0 Å². The molecule has 0 fully saturated rings. The maximum atomic E-state index is 12.3. The number of imidazole rings is 1. The topological polar surface area (TPSA) is 84.5 Å². The first-order valence-corrected chi connectivity index (χ1v) is 7.84. The Morgan fingerprint density at radius 1 is 1.29 bits per heavy atom. The lowest BCUT2D eigenvalue weighted by Gasteiger charge is -2.20. The van der Waals surface area contributed by atoms with E-state index in [2.05, 4.69) is 9.97 Å². The van der Waals surface area contributed by atoms with Crippen molar-refractivity contribution in [3.05, 3.63) is 36.3 Å². The maximum Gasteiger partial charge on any atom is 0.260 e. The SMILES string of the molecule is CN(Cc1ccc2c(c1)OCCO2)S(=O)(=O)c1cnc[nH]1. The number of aromatic nitrogens is 2. The van der Waals surface area contributed by atoms with Gasteiger partial charge in [-0.05, 0) is 17.7 Å². The molecule has 0 spiro atoms. The van der Waals surface area contributed by atoms with E-state index in [4.69, 9.17) is 9.47 Å². The average Bonchev–Trinajstić information content (AvgIpc) is 3.02. The third-order valence-corrected chi connectivity index (χ3v) is 4.90. The molecule has 0 unspecified atom stereocenters. The van der Waals surface area contributed by atoms with Gasteiger partial charge in [0.2, 0.25) is 0 Å². The highest BCUT2D eigenvalue weighted by atomic mass is 32.2. The van der Waals surface area contributed by atoms with E-state index in [-0.39, 0.29) is 11.6 Å². The summed E-state index contributed by atoms with van der Waals surface area (Å²) in [6.07, 6.45) is 2.63. The second kappa shape index (κ2) is 5.38. The van der Waals surface area contributed by atoms with E-state index in [1.165, 1.54) is 23.9 Å². The monoisotopic (exact) mass is 309 g/mol. The van der Waals surface area contributed by atoms with E-state index in [9.17, 15) is 8.42 Å². The zero-order valence-corrected chi connectivity index (χ0v) is 12.3. The normalized spacial score (nSPS) is 14.4. The molecule has 3 rings (SSSR count). The van der Waals surface area contributed by atoms with E-state index in [0.717, 1.165) is 5.56 Å². The Kier molecular flexibility index (Phi) is 3.56. The van der Waals surface area contributed by atoms with Crippen LogP contribution in [-0.2, 0) is 16.6 Å². The second-order valence-electron chi connectivity index (χ2n) is 4.65. The molecule has 112 valence electrons. The number of benzene rings is 1. The van der Waals surface area contributed by atoms with Crippen molar-refractivity contribution in [1.29, 1.82) is 0 Å². The Hall–Kier alpha value is -2.06. The van der Waals surface area contributed by atoms with Crippen molar-refractivity contribution < 1.29 is 17.9 Å². The van der Waals surface area contributed by atoms with Crippen molar-refractivity contribution in [1.82, 2.24) is 14.3 Å². The third-order valence-electron chi connectivity index (χ3n) is 3.17. The molecule has 1 aromatic carbocycles. The zero-order valence-electron chi connectivity index (χ0n) is 11.4. The number of ether oxygens (including phenoxy) is 2. The van der Waals surface area contributed by atoms with Crippen LogP contribution < -0.4 is 9.47 Å². The number of nitrogens with one attached hydrogen (secondary N) is 1. The Labute approximate surface area is 122 Å². The Balaban J connectivity index is 1.80. The van der Waals surface area contributed by atoms with E-state index >= 15 is 0 Å². The minimum Gasteiger partial charge on any atom is -0.486 e. The van der Waals surface area contributed by atoms with Gasteiger partial charge in [0.25, 0.3) is 10.0 Å². The van der Waals surface area contributed by atoms with Crippen molar-refractivity contribution in [3.63, 3.8) is 0 Å². The first-order valence-electron chi connectivity index (χ1n) is 6.40. The van der Waals surface area contributed by atoms with E-state index in [1.807, 2.05) is 6.07 Å². The molecule has 0 atom stereocenters. The smallest absolute Gasteiger partial charge is 0.260 e. The van der Waals surface area contributed by atoms with Gasteiger partial charge in [-0.25, -0.2) is 13.4 Å². The summed E-state index contributed by atoms with van der Waals surface area (Å²) in [5.41, 5.74) is 0.824. The van der Waals surface area contributed by atoms with Gasteiger partial charge in [-0.2, -0.15) is 4.31 Å². The molecule has 8 heteroatoms. The molecule has 0 saturated heterocycles. The number of aromatic amines is 1. The van der Waals surface area contributed by atoms with Crippen LogP contribution in [0.5, 0.6) is 11.5 Å². The molecule has 0 amide bonds. The minimum atomic E-state index is -3.57. The number of hydrogen-bond donors (Lipinski definition) is 1. The molecule has 1 aliphatic heterocycles. The standard InChI is InChI=1S/C13H15N3O4S/c1-16(21(17,18)13-7-14-9-15-13)8-10-2-3-11-12(6-10)20-5-4-19-11/h2-3,6-7,9H,4-5,8H2,1H3,(H,14,15). The highest BCUT2D eigenvalue weighted by Gasteiger charge is 2.23. The fourth-order valence-electron chi connectivity index (χ4n) is 2.08. The van der Waals surface area contributed by atoms with Gasteiger partial charge < -0.3 is 14.5 Å². The van der Waals surface area contributed by atoms with E-state index in [0.29, 0.717) is 24.7 Å². The molecule has 0 radical (unpaired) electrons. The second-order valence-corrected chi connectivity index (χ2v) is 6.67. The van der Waals surface area contributed by atoms with Crippen LogP contribution >= 0.6 is 0 Å². The summed E-state index contributed by atoms with van der Waals surface area (Å²) in [6, 6.07) is 5.42. The number of H-pyrrole nitrogens is 1. The summed E-state index contributed by atoms with van der Waals surface area (Å²) in [7, 11) is -2.05. The molecular weight excluding hydrogens is 294 g/mol. The number of hydrogen-bond acceptors (Lipinski definition) is 5. The van der Waals surface area contributed by atoms with Gasteiger partial charge in [0.1, 0.15) is 13.2 Å². The summed E-state index contributed by atoms with van der Waals surface area (Å²) in [4.78, 5) is 6.35. The summed E-state index contributed by atoms with van der Waals surface area (Å²) in [5, 5.41) is 0.0718. The van der Waals surface area contributed by atoms with Crippen LogP contribution in [0.15, 0.2) is 35.7 Å². The largest absolute Gasteiger partial charge is 0.486 e. The van der Waals surface area contributed by atoms with Gasteiger partial charge in [-0.3, -0.25) is 0 Å². The van der Waals surface area contributed by atoms with Gasteiger partial charge in [0.05, 0.1) is 12.5 Å². The van der Waals surface area contributed by atoms with Gasteiger partial charge >= 0.3 is 0 Å². The van der Waals surface area contributed by atoms with Crippen molar-refractivity contribution in [3.8, 4) is 11.5 Å². The minimum absolute atomic E-state index is 0.0718. The molecule has 0 aliphatic carbocycles. The van der Waals surface area contributed by atoms with Crippen LogP contribution in [-0.4, -0.2) is 43.0 Å². The molecular formula is C13H15N3O4S. The number of nitrogens with zero attached hydrogens (tertiary/aromatic N) is 2. The molecule has 0 bridgehead atoms. The predicted octanol–water partition coefficient (Wildman–Crippen LogP) is 1.00. The fraction of sp³-hybridized carbons (Fsp3) is 0.308. The first-order chi connectivity index (χ1) is 10.1. The Morgan fingerprint density at radius 2 is 2.05 bits per heavy atom. The van der Waals surface area contributed by atoms with Gasteiger partial charge in [-0.1, -0.05) is 6.07 Å². The number of rotatable bonds is 4. The van der Waals surface area contributed by atoms with Crippen molar-refractivity contribution in [2.75, 3.05) is 20.3 Å². The molecule has 21 heavy (non-hydrogen) atoms. The molecule has 1 aromatic heterocycles. The lowest BCUT2D eigenvalue weighted by molar-refractivity contribution is 0.171. The van der Waals surface area contributed by atoms with Crippen LogP contribution in [0.4, 0.5) is 0 Å². The van der Waals surface area contributed by atoms with E-state index < -0.39 is 10.0 Å².